The minimum absolute atomic E-state index is 0.118. The van der Waals surface area contributed by atoms with Crippen LogP contribution in [0.1, 0.15) is 11.6 Å². The highest BCUT2D eigenvalue weighted by Crippen LogP contribution is 2.23. The zero-order valence-corrected chi connectivity index (χ0v) is 10.3. The number of aliphatic imine (C=N–C) groups is 1. The van der Waals surface area contributed by atoms with Crippen molar-refractivity contribution < 1.29 is 4.74 Å². The number of thiocyanates is 1. The molecule has 0 N–H and O–H groups in total. The molecule has 0 aromatic heterocycles. The maximum Gasteiger partial charge on any atom is 0.133 e. The topological polar surface area (TPSA) is 45.4 Å². The van der Waals surface area contributed by atoms with Crippen LogP contribution in [0, 0.1) is 10.7 Å². The maximum atomic E-state index is 8.52. The highest BCUT2D eigenvalue weighted by atomic mass is 32.2. The third kappa shape index (κ3) is 3.67. The first-order valence-electron chi connectivity index (χ1n) is 4.53. The summed E-state index contributed by atoms with van der Waals surface area (Å²) < 4.78 is 5.07. The number of benzene rings is 1. The summed E-state index contributed by atoms with van der Waals surface area (Å²) in [6, 6.07) is 7.43. The molecule has 16 heavy (non-hydrogen) atoms. The molecular weight excluding hydrogens is 240 g/mol. The Morgan fingerprint density at radius 2 is 2.19 bits per heavy atom. The predicted octanol–water partition coefficient (Wildman–Crippen LogP) is 3.05. The van der Waals surface area contributed by atoms with E-state index in [2.05, 4.69) is 22.4 Å². The molecule has 3 nitrogen and oxygen atoms in total. The molecule has 0 aliphatic carbocycles. The number of nitrogens with zero attached hydrogens (tertiary/aromatic N) is 2. The molecule has 1 aromatic carbocycles. The normalized spacial score (nSPS) is 11.0. The lowest BCUT2D eigenvalue weighted by Gasteiger charge is -2.09. The molecule has 1 aromatic rings. The molecule has 0 radical (unpaired) electrons. The largest absolute Gasteiger partial charge is 0.497 e. The zero-order valence-electron chi connectivity index (χ0n) is 8.71. The third-order valence-corrected chi connectivity index (χ3v) is 2.73. The van der Waals surface area contributed by atoms with Crippen molar-refractivity contribution in [2.75, 3.05) is 12.9 Å². The second kappa shape index (κ2) is 7.02. The summed E-state index contributed by atoms with van der Waals surface area (Å²) in [5, 5.41) is 12.9. The summed E-state index contributed by atoms with van der Waals surface area (Å²) in [6.45, 7) is 0. The predicted molar refractivity (Wildman–Crippen MR) is 68.8 cm³/mol. The minimum Gasteiger partial charge on any atom is -0.497 e. The first-order valence-corrected chi connectivity index (χ1v) is 5.93. The van der Waals surface area contributed by atoms with Gasteiger partial charge in [-0.2, -0.15) is 5.26 Å². The van der Waals surface area contributed by atoms with Crippen molar-refractivity contribution in [3.05, 3.63) is 29.8 Å². The molecule has 0 aliphatic rings. The summed E-state index contributed by atoms with van der Waals surface area (Å²) in [6.07, 6.45) is 0. The van der Waals surface area contributed by atoms with E-state index in [-0.39, 0.29) is 6.04 Å². The molecule has 0 saturated carbocycles. The molecule has 0 bridgehead atoms. The van der Waals surface area contributed by atoms with E-state index in [4.69, 9.17) is 10.00 Å². The highest BCUT2D eigenvalue weighted by Gasteiger charge is 2.09. The van der Waals surface area contributed by atoms with Crippen LogP contribution >= 0.6 is 24.0 Å². The lowest BCUT2D eigenvalue weighted by Crippen LogP contribution is -1.98. The maximum absolute atomic E-state index is 8.52. The second-order valence-corrected chi connectivity index (χ2v) is 3.90. The van der Waals surface area contributed by atoms with Crippen molar-refractivity contribution in [3.8, 4) is 11.2 Å². The van der Waals surface area contributed by atoms with Gasteiger partial charge in [-0.05, 0) is 41.7 Å². The van der Waals surface area contributed by atoms with Crippen molar-refractivity contribution in [2.24, 2.45) is 4.99 Å². The van der Waals surface area contributed by atoms with E-state index in [0.29, 0.717) is 5.75 Å². The van der Waals surface area contributed by atoms with Crippen LogP contribution in [0.4, 0.5) is 0 Å². The van der Waals surface area contributed by atoms with E-state index in [1.165, 1.54) is 0 Å². The Morgan fingerprint density at radius 3 is 2.69 bits per heavy atom. The van der Waals surface area contributed by atoms with E-state index in [9.17, 15) is 0 Å². The van der Waals surface area contributed by atoms with Crippen LogP contribution in [0.5, 0.6) is 5.75 Å². The number of rotatable bonds is 5. The van der Waals surface area contributed by atoms with Crippen LogP contribution in [0.3, 0.4) is 0 Å². The summed E-state index contributed by atoms with van der Waals surface area (Å²) in [7, 11) is 1.62. The van der Waals surface area contributed by atoms with Gasteiger partial charge in [-0.15, -0.1) is 0 Å². The molecule has 1 unspecified atom stereocenters. The van der Waals surface area contributed by atoms with Gasteiger partial charge in [0.1, 0.15) is 11.2 Å². The van der Waals surface area contributed by atoms with Gasteiger partial charge in [0.15, 0.2) is 0 Å². The third-order valence-electron chi connectivity index (χ3n) is 2.01. The van der Waals surface area contributed by atoms with E-state index in [1.54, 1.807) is 7.11 Å². The summed E-state index contributed by atoms with van der Waals surface area (Å²) in [4.78, 5) is 4.04. The molecule has 0 aliphatic heterocycles. The number of ether oxygens (including phenoxy) is 1. The number of nitriles is 1. The van der Waals surface area contributed by atoms with Crippen LogP contribution in [0.2, 0.25) is 0 Å². The lowest BCUT2D eigenvalue weighted by atomic mass is 10.1. The van der Waals surface area contributed by atoms with Crippen molar-refractivity contribution >= 4 is 29.1 Å². The smallest absolute Gasteiger partial charge is 0.133 e. The second-order valence-electron chi connectivity index (χ2n) is 2.91. The average Bonchev–Trinajstić information content (AvgIpc) is 2.35. The molecule has 1 rings (SSSR count). The van der Waals surface area contributed by atoms with Crippen LogP contribution in [-0.2, 0) is 0 Å². The number of isothiocyanates is 1. The summed E-state index contributed by atoms with van der Waals surface area (Å²) in [5.41, 5.74) is 1.00. The van der Waals surface area contributed by atoms with Crippen LogP contribution in [-0.4, -0.2) is 18.0 Å². The van der Waals surface area contributed by atoms with Crippen LogP contribution in [0.25, 0.3) is 0 Å². The van der Waals surface area contributed by atoms with Gasteiger partial charge in [-0.25, -0.2) is 4.99 Å². The number of thiocarbonyl (C=S) groups is 1. The van der Waals surface area contributed by atoms with Gasteiger partial charge in [-0.1, -0.05) is 12.1 Å². The first kappa shape index (κ1) is 12.7. The molecule has 0 amide bonds. The molecule has 0 spiro atoms. The molecule has 0 heterocycles. The van der Waals surface area contributed by atoms with Crippen molar-refractivity contribution in [2.45, 2.75) is 6.04 Å². The number of methoxy groups -OCH3 is 1. The van der Waals surface area contributed by atoms with Gasteiger partial charge < -0.3 is 4.74 Å². The van der Waals surface area contributed by atoms with Crippen molar-refractivity contribution in [3.63, 3.8) is 0 Å². The Balaban J connectivity index is 2.84. The Hall–Kier alpha value is -1.34. The van der Waals surface area contributed by atoms with Crippen LogP contribution in [0.15, 0.2) is 29.3 Å². The van der Waals surface area contributed by atoms with Gasteiger partial charge in [0.2, 0.25) is 0 Å². The molecule has 5 heteroatoms. The van der Waals surface area contributed by atoms with Gasteiger partial charge >= 0.3 is 0 Å². The van der Waals surface area contributed by atoms with Crippen molar-refractivity contribution in [1.82, 2.24) is 0 Å². The first-order chi connectivity index (χ1) is 7.81. The van der Waals surface area contributed by atoms with E-state index >= 15 is 0 Å². The Labute approximate surface area is 104 Å². The number of hydrogen-bond donors (Lipinski definition) is 0. The van der Waals surface area contributed by atoms with E-state index < -0.39 is 0 Å². The fraction of sp³-hybridized carbons (Fsp3) is 0.273. The summed E-state index contributed by atoms with van der Waals surface area (Å²) >= 11 is 5.75. The van der Waals surface area contributed by atoms with Gasteiger partial charge in [0.05, 0.1) is 18.3 Å². The molecule has 0 fully saturated rings. The van der Waals surface area contributed by atoms with Gasteiger partial charge in [-0.3, -0.25) is 0 Å². The Bertz CT molecular complexity index is 419. The van der Waals surface area contributed by atoms with E-state index in [0.717, 1.165) is 23.1 Å². The van der Waals surface area contributed by atoms with Gasteiger partial charge in [0, 0.05) is 5.75 Å². The van der Waals surface area contributed by atoms with Gasteiger partial charge in [0.25, 0.3) is 0 Å². The standard InChI is InChI=1S/C11H10N2OS2/c1-14-10-4-2-9(3-5-10)11(13-8-15)6-16-7-12/h2-5,11H,6H2,1H3. The molecule has 1 atom stereocenters. The number of hydrogen-bond acceptors (Lipinski definition) is 5. The SMILES string of the molecule is COc1ccc(C(CSC#N)N=C=S)cc1. The van der Waals surface area contributed by atoms with Crippen molar-refractivity contribution in [1.29, 1.82) is 5.26 Å². The molecule has 0 saturated heterocycles. The Kier molecular flexibility index (Phi) is 5.58. The van der Waals surface area contributed by atoms with E-state index in [1.807, 2.05) is 29.7 Å². The zero-order chi connectivity index (χ0) is 11.8. The molecule has 82 valence electrons. The monoisotopic (exact) mass is 250 g/mol. The lowest BCUT2D eigenvalue weighted by molar-refractivity contribution is 0.414. The number of thioether (sulfide) groups is 1. The Morgan fingerprint density at radius 1 is 1.50 bits per heavy atom. The minimum atomic E-state index is -0.118. The fourth-order valence-electron chi connectivity index (χ4n) is 1.21. The quantitative estimate of drug-likeness (QED) is 0.458. The fourth-order valence-corrected chi connectivity index (χ4v) is 1.84. The highest BCUT2D eigenvalue weighted by molar-refractivity contribution is 8.03. The average molecular weight is 250 g/mol. The molecular formula is C11H10N2OS2. The van der Waals surface area contributed by atoms with Crippen LogP contribution < -0.4 is 4.74 Å². The summed E-state index contributed by atoms with van der Waals surface area (Å²) in [5.74, 6) is 1.37.